The van der Waals surface area contributed by atoms with Crippen molar-refractivity contribution in [1.29, 1.82) is 0 Å². The maximum atomic E-state index is 11.5. The molecule has 2 aromatic rings. The molecule has 0 saturated carbocycles. The summed E-state index contributed by atoms with van der Waals surface area (Å²) in [5.74, 6) is -0.565. The third-order valence-corrected chi connectivity index (χ3v) is 2.43. The van der Waals surface area contributed by atoms with E-state index in [1.165, 1.54) is 0 Å². The van der Waals surface area contributed by atoms with E-state index < -0.39 is 18.3 Å². The van der Waals surface area contributed by atoms with Crippen molar-refractivity contribution < 1.29 is 14.7 Å². The largest absolute Gasteiger partial charge is 0.481 e. The van der Waals surface area contributed by atoms with Crippen LogP contribution in [0.4, 0.5) is 5.69 Å². The van der Waals surface area contributed by atoms with Crippen LogP contribution in [0.15, 0.2) is 30.7 Å². The van der Waals surface area contributed by atoms with E-state index in [2.05, 4.69) is 15.3 Å². The van der Waals surface area contributed by atoms with Gasteiger partial charge in [0.05, 0.1) is 5.69 Å². The Labute approximate surface area is 108 Å². The molecule has 0 atom stereocenters. The lowest BCUT2D eigenvalue weighted by atomic mass is 10.3. The summed E-state index contributed by atoms with van der Waals surface area (Å²) in [6, 6.07) is 3.31. The number of nitrogens with zero attached hydrogens (tertiary/aromatic N) is 3. The lowest BCUT2D eigenvalue weighted by molar-refractivity contribution is -0.139. The van der Waals surface area contributed by atoms with Crippen molar-refractivity contribution in [3.05, 3.63) is 36.5 Å². The molecule has 2 aromatic heterocycles. The second kappa shape index (κ2) is 5.30. The monoisotopic (exact) mass is 260 g/mol. The van der Waals surface area contributed by atoms with Crippen LogP contribution in [-0.2, 0) is 9.59 Å². The maximum Gasteiger partial charge on any atom is 0.312 e. The van der Waals surface area contributed by atoms with E-state index in [0.29, 0.717) is 17.3 Å². The van der Waals surface area contributed by atoms with Crippen molar-refractivity contribution in [2.45, 2.75) is 13.3 Å². The molecule has 0 aliphatic heterocycles. The molecule has 7 nitrogen and oxygen atoms in total. The molecular weight excluding hydrogens is 248 g/mol. The van der Waals surface area contributed by atoms with Crippen LogP contribution in [0.25, 0.3) is 5.82 Å². The number of carboxylic acid groups (broad SMARTS) is 1. The molecule has 0 unspecified atom stereocenters. The number of aliphatic carboxylic acids is 1. The Balaban J connectivity index is 2.30. The second-order valence-electron chi connectivity index (χ2n) is 3.84. The number of hydrogen-bond donors (Lipinski definition) is 2. The van der Waals surface area contributed by atoms with Gasteiger partial charge in [0.2, 0.25) is 5.91 Å². The quantitative estimate of drug-likeness (QED) is 0.799. The van der Waals surface area contributed by atoms with Crippen molar-refractivity contribution in [2.24, 2.45) is 0 Å². The van der Waals surface area contributed by atoms with Crippen LogP contribution < -0.4 is 5.32 Å². The topological polar surface area (TPSA) is 97.1 Å². The highest BCUT2D eigenvalue weighted by atomic mass is 16.4. The minimum Gasteiger partial charge on any atom is -0.481 e. The molecular formula is C12H12N4O3. The third-order valence-electron chi connectivity index (χ3n) is 2.43. The van der Waals surface area contributed by atoms with Gasteiger partial charge in [-0.15, -0.1) is 0 Å². The number of anilines is 1. The van der Waals surface area contributed by atoms with E-state index in [4.69, 9.17) is 5.11 Å². The fourth-order valence-electron chi connectivity index (χ4n) is 1.62. The number of carbonyl (C=O) groups excluding carboxylic acids is 1. The number of amides is 1. The molecule has 0 bridgehead atoms. The van der Waals surface area contributed by atoms with Crippen molar-refractivity contribution in [2.75, 3.05) is 5.32 Å². The lowest BCUT2D eigenvalue weighted by Gasteiger charge is -2.10. The fourth-order valence-corrected chi connectivity index (χ4v) is 1.62. The van der Waals surface area contributed by atoms with Crippen LogP contribution in [0.3, 0.4) is 0 Å². The van der Waals surface area contributed by atoms with Crippen LogP contribution in [0.1, 0.15) is 12.2 Å². The van der Waals surface area contributed by atoms with Gasteiger partial charge in [-0.25, -0.2) is 9.97 Å². The maximum absolute atomic E-state index is 11.5. The Morgan fingerprint density at radius 3 is 2.79 bits per heavy atom. The van der Waals surface area contributed by atoms with E-state index in [9.17, 15) is 9.59 Å². The highest BCUT2D eigenvalue weighted by molar-refractivity contribution is 6.02. The number of carbonyl (C=O) groups is 2. The first kappa shape index (κ1) is 12.7. The van der Waals surface area contributed by atoms with Gasteiger partial charge in [-0.05, 0) is 19.1 Å². The van der Waals surface area contributed by atoms with Gasteiger partial charge in [0, 0.05) is 18.6 Å². The van der Waals surface area contributed by atoms with Crippen molar-refractivity contribution in [3.8, 4) is 5.82 Å². The SMILES string of the molecule is Cc1nccn1-c1ncccc1NC(=O)CC(=O)O. The number of aromatic nitrogens is 3. The molecule has 0 fully saturated rings. The third kappa shape index (κ3) is 2.95. The summed E-state index contributed by atoms with van der Waals surface area (Å²) in [5.41, 5.74) is 0.440. The van der Waals surface area contributed by atoms with Gasteiger partial charge >= 0.3 is 5.97 Å². The van der Waals surface area contributed by atoms with E-state index in [1.54, 1.807) is 42.2 Å². The Hall–Kier alpha value is -2.70. The smallest absolute Gasteiger partial charge is 0.312 e. The molecule has 19 heavy (non-hydrogen) atoms. The normalized spacial score (nSPS) is 10.2. The molecule has 2 N–H and O–H groups in total. The van der Waals surface area contributed by atoms with Gasteiger partial charge in [-0.3, -0.25) is 14.2 Å². The van der Waals surface area contributed by atoms with Crippen molar-refractivity contribution in [3.63, 3.8) is 0 Å². The first-order valence-corrected chi connectivity index (χ1v) is 5.55. The highest BCUT2D eigenvalue weighted by Crippen LogP contribution is 2.18. The summed E-state index contributed by atoms with van der Waals surface area (Å²) >= 11 is 0. The number of nitrogens with one attached hydrogen (secondary N) is 1. The Bertz CT molecular complexity index is 621. The van der Waals surface area contributed by atoms with Crippen LogP contribution >= 0.6 is 0 Å². The molecule has 0 saturated heterocycles. The number of aryl methyl sites for hydroxylation is 1. The molecule has 2 rings (SSSR count). The zero-order valence-corrected chi connectivity index (χ0v) is 10.2. The van der Waals surface area contributed by atoms with E-state index in [1.807, 2.05) is 0 Å². The molecule has 2 heterocycles. The fraction of sp³-hybridized carbons (Fsp3) is 0.167. The molecule has 0 radical (unpaired) electrons. The highest BCUT2D eigenvalue weighted by Gasteiger charge is 2.12. The summed E-state index contributed by atoms with van der Waals surface area (Å²) in [5, 5.41) is 11.1. The molecule has 7 heteroatoms. The minimum atomic E-state index is -1.18. The zero-order chi connectivity index (χ0) is 13.8. The van der Waals surface area contributed by atoms with Gasteiger partial charge < -0.3 is 10.4 Å². The molecule has 0 aromatic carbocycles. The number of rotatable bonds is 4. The first-order valence-electron chi connectivity index (χ1n) is 5.55. The van der Waals surface area contributed by atoms with Gasteiger partial charge in [-0.1, -0.05) is 0 Å². The van der Waals surface area contributed by atoms with Crippen LogP contribution in [0.5, 0.6) is 0 Å². The van der Waals surface area contributed by atoms with Gasteiger partial charge in [0.15, 0.2) is 5.82 Å². The minimum absolute atomic E-state index is 0.440. The van der Waals surface area contributed by atoms with Gasteiger partial charge in [0.25, 0.3) is 0 Å². The van der Waals surface area contributed by atoms with Crippen LogP contribution in [0.2, 0.25) is 0 Å². The summed E-state index contributed by atoms with van der Waals surface area (Å²) in [6.45, 7) is 1.80. The predicted octanol–water partition coefficient (Wildman–Crippen LogP) is 0.989. The molecule has 0 spiro atoms. The van der Waals surface area contributed by atoms with Gasteiger partial charge in [-0.2, -0.15) is 0 Å². The van der Waals surface area contributed by atoms with E-state index in [0.717, 1.165) is 0 Å². The predicted molar refractivity (Wildman–Crippen MR) is 67.0 cm³/mol. The first-order chi connectivity index (χ1) is 9.08. The van der Waals surface area contributed by atoms with Crippen LogP contribution in [-0.4, -0.2) is 31.5 Å². The number of hydrogen-bond acceptors (Lipinski definition) is 4. The summed E-state index contributed by atoms with van der Waals surface area (Å²) in [7, 11) is 0. The number of pyridine rings is 1. The van der Waals surface area contributed by atoms with E-state index in [-0.39, 0.29) is 0 Å². The molecule has 98 valence electrons. The Morgan fingerprint density at radius 1 is 1.37 bits per heavy atom. The summed E-state index contributed by atoms with van der Waals surface area (Å²) < 4.78 is 1.70. The molecule has 1 amide bonds. The average Bonchev–Trinajstić information content (AvgIpc) is 2.75. The van der Waals surface area contributed by atoms with Crippen molar-refractivity contribution >= 4 is 17.6 Å². The van der Waals surface area contributed by atoms with Crippen molar-refractivity contribution in [1.82, 2.24) is 14.5 Å². The number of imidazole rings is 1. The Morgan fingerprint density at radius 2 is 2.16 bits per heavy atom. The van der Waals surface area contributed by atoms with Crippen LogP contribution in [0, 0.1) is 6.92 Å². The second-order valence-corrected chi connectivity index (χ2v) is 3.84. The summed E-state index contributed by atoms with van der Waals surface area (Å²) in [6.07, 6.45) is 4.33. The lowest BCUT2D eigenvalue weighted by Crippen LogP contribution is -2.17. The number of carboxylic acids is 1. The Kier molecular flexibility index (Phi) is 3.56. The zero-order valence-electron chi connectivity index (χ0n) is 10.2. The summed E-state index contributed by atoms with van der Waals surface area (Å²) in [4.78, 5) is 30.2. The standard InChI is InChI=1S/C12H12N4O3/c1-8-13-5-6-16(8)12-9(3-2-4-14-12)15-10(17)7-11(18)19/h2-6H,7H2,1H3,(H,15,17)(H,18,19). The molecule has 0 aliphatic carbocycles. The molecule has 0 aliphatic rings. The van der Waals surface area contributed by atoms with Gasteiger partial charge in [0.1, 0.15) is 12.2 Å². The average molecular weight is 260 g/mol. The van der Waals surface area contributed by atoms with E-state index >= 15 is 0 Å².